The average molecular weight is 358 g/mol. The van der Waals surface area contributed by atoms with Crippen molar-refractivity contribution < 1.29 is 4.74 Å². The molecular weight excluding hydrogens is 336 g/mol. The topological polar surface area (TPSA) is 54.1 Å². The summed E-state index contributed by atoms with van der Waals surface area (Å²) in [4.78, 5) is 7.30. The van der Waals surface area contributed by atoms with Gasteiger partial charge in [-0.25, -0.2) is 4.98 Å². The van der Waals surface area contributed by atoms with Gasteiger partial charge in [-0.2, -0.15) is 5.26 Å². The summed E-state index contributed by atoms with van der Waals surface area (Å²) in [5.41, 5.74) is 5.25. The summed E-state index contributed by atoms with van der Waals surface area (Å²) in [6.07, 6.45) is 0.927. The van der Waals surface area contributed by atoms with Crippen LogP contribution in [0.3, 0.4) is 0 Å². The van der Waals surface area contributed by atoms with Gasteiger partial charge in [-0.05, 0) is 18.2 Å². The van der Waals surface area contributed by atoms with Crippen molar-refractivity contribution in [2.45, 2.75) is 19.5 Å². The molecule has 3 aromatic rings. The first-order chi connectivity index (χ1) is 13.2. The molecule has 1 aliphatic heterocycles. The Morgan fingerprint density at radius 3 is 2.85 bits per heavy atom. The van der Waals surface area contributed by atoms with E-state index in [-0.39, 0.29) is 0 Å². The third kappa shape index (κ3) is 3.32. The molecular formula is C22H22N4O. The number of benzene rings is 2. The molecule has 2 heterocycles. The number of aromatic nitrogens is 2. The van der Waals surface area contributed by atoms with Crippen LogP contribution in [0.15, 0.2) is 48.5 Å². The average Bonchev–Trinajstić information content (AvgIpc) is 3.05. The lowest BCUT2D eigenvalue weighted by Crippen LogP contribution is -2.31. The van der Waals surface area contributed by atoms with Gasteiger partial charge in [-0.3, -0.25) is 4.90 Å². The highest BCUT2D eigenvalue weighted by Crippen LogP contribution is 2.28. The molecule has 4 rings (SSSR count). The number of hydrogen-bond acceptors (Lipinski definition) is 4. The van der Waals surface area contributed by atoms with Crippen molar-refractivity contribution in [2.24, 2.45) is 7.05 Å². The van der Waals surface area contributed by atoms with E-state index in [4.69, 9.17) is 15.0 Å². The Balaban J connectivity index is 1.60. The molecule has 0 bridgehead atoms. The zero-order valence-electron chi connectivity index (χ0n) is 15.6. The van der Waals surface area contributed by atoms with Gasteiger partial charge < -0.3 is 9.30 Å². The number of hydrogen-bond donors (Lipinski definition) is 0. The van der Waals surface area contributed by atoms with Crippen LogP contribution in [0.5, 0.6) is 5.75 Å². The summed E-state index contributed by atoms with van der Waals surface area (Å²) in [5.74, 6) is 1.86. The predicted octanol–water partition coefficient (Wildman–Crippen LogP) is 3.53. The predicted molar refractivity (Wildman–Crippen MR) is 104 cm³/mol. The zero-order chi connectivity index (χ0) is 18.8. The first kappa shape index (κ1) is 17.3. The maximum atomic E-state index is 9.16. The van der Waals surface area contributed by atoms with E-state index < -0.39 is 0 Å². The summed E-state index contributed by atoms with van der Waals surface area (Å²) >= 11 is 0. The number of imidazole rings is 1. The summed E-state index contributed by atoms with van der Waals surface area (Å²) in [6, 6.07) is 18.0. The summed E-state index contributed by atoms with van der Waals surface area (Å²) in [5, 5.41) is 9.16. The fourth-order valence-corrected chi connectivity index (χ4v) is 3.74. The first-order valence-electron chi connectivity index (χ1n) is 9.09. The van der Waals surface area contributed by atoms with Crippen molar-refractivity contribution in [2.75, 3.05) is 13.7 Å². The van der Waals surface area contributed by atoms with Crippen LogP contribution in [-0.2, 0) is 26.6 Å². The smallest absolute Gasteiger partial charge is 0.140 e. The standard InChI is InChI=1S/C22H22N4O/c1-25-20-15-26(14-18-7-3-4-9-21(18)27-2)11-10-19(20)24-22(25)17-8-5-6-16(12-17)13-23/h3-9,12H,10-11,14-15H2,1-2H3. The van der Waals surface area contributed by atoms with E-state index >= 15 is 0 Å². The van der Waals surface area contributed by atoms with Crippen LogP contribution in [0.2, 0.25) is 0 Å². The van der Waals surface area contributed by atoms with Gasteiger partial charge in [0.05, 0.1) is 30.1 Å². The molecule has 0 saturated carbocycles. The highest BCUT2D eigenvalue weighted by Gasteiger charge is 2.24. The molecule has 5 heteroatoms. The molecule has 0 unspecified atom stereocenters. The minimum atomic E-state index is 0.659. The van der Waals surface area contributed by atoms with Gasteiger partial charge in [0.2, 0.25) is 0 Å². The van der Waals surface area contributed by atoms with Crippen LogP contribution in [0, 0.1) is 11.3 Å². The van der Waals surface area contributed by atoms with Crippen LogP contribution in [0.25, 0.3) is 11.4 Å². The second-order valence-electron chi connectivity index (χ2n) is 6.85. The van der Waals surface area contributed by atoms with E-state index in [0.717, 1.165) is 48.9 Å². The monoisotopic (exact) mass is 358 g/mol. The maximum absolute atomic E-state index is 9.16. The number of fused-ring (bicyclic) bond motifs is 1. The highest BCUT2D eigenvalue weighted by atomic mass is 16.5. The number of ether oxygens (including phenoxy) is 1. The number of nitriles is 1. The van der Waals surface area contributed by atoms with Crippen molar-refractivity contribution in [3.8, 4) is 23.2 Å². The lowest BCUT2D eigenvalue weighted by Gasteiger charge is -2.27. The van der Waals surface area contributed by atoms with Crippen molar-refractivity contribution >= 4 is 0 Å². The Hall–Kier alpha value is -3.10. The van der Waals surface area contributed by atoms with Crippen molar-refractivity contribution in [3.05, 3.63) is 71.0 Å². The molecule has 0 aliphatic carbocycles. The molecule has 27 heavy (non-hydrogen) atoms. The number of methoxy groups -OCH3 is 1. The quantitative estimate of drug-likeness (QED) is 0.716. The SMILES string of the molecule is COc1ccccc1CN1CCc2nc(-c3cccc(C#N)c3)n(C)c2C1. The first-order valence-corrected chi connectivity index (χ1v) is 9.09. The minimum Gasteiger partial charge on any atom is -0.496 e. The lowest BCUT2D eigenvalue weighted by molar-refractivity contribution is 0.235. The minimum absolute atomic E-state index is 0.659. The molecule has 1 aromatic heterocycles. The molecule has 0 fully saturated rings. The van der Waals surface area contributed by atoms with Gasteiger partial charge in [0.25, 0.3) is 0 Å². The molecule has 5 nitrogen and oxygen atoms in total. The summed E-state index contributed by atoms with van der Waals surface area (Å²) < 4.78 is 7.66. The Labute approximate surface area is 159 Å². The van der Waals surface area contributed by atoms with Crippen molar-refractivity contribution in [1.29, 1.82) is 5.26 Å². The molecule has 0 radical (unpaired) electrons. The van der Waals surface area contributed by atoms with E-state index in [1.54, 1.807) is 7.11 Å². The number of para-hydroxylation sites is 1. The zero-order valence-corrected chi connectivity index (χ0v) is 15.6. The van der Waals surface area contributed by atoms with Gasteiger partial charge in [0.1, 0.15) is 11.6 Å². The molecule has 0 saturated heterocycles. The molecule has 0 N–H and O–H groups in total. The molecule has 0 spiro atoms. The molecule has 2 aromatic carbocycles. The Kier molecular flexibility index (Phi) is 4.66. The number of nitrogens with zero attached hydrogens (tertiary/aromatic N) is 4. The van der Waals surface area contributed by atoms with Crippen molar-refractivity contribution in [1.82, 2.24) is 14.5 Å². The van der Waals surface area contributed by atoms with Crippen LogP contribution < -0.4 is 4.74 Å². The Morgan fingerprint density at radius 1 is 1.19 bits per heavy atom. The highest BCUT2D eigenvalue weighted by molar-refractivity contribution is 5.59. The van der Waals surface area contributed by atoms with Crippen LogP contribution in [0.4, 0.5) is 0 Å². The Bertz CT molecular complexity index is 1020. The molecule has 136 valence electrons. The molecule has 0 atom stereocenters. The normalized spacial score (nSPS) is 13.8. The van der Waals surface area contributed by atoms with Gasteiger partial charge >= 0.3 is 0 Å². The van der Waals surface area contributed by atoms with Gasteiger partial charge in [0.15, 0.2) is 0 Å². The van der Waals surface area contributed by atoms with E-state index in [0.29, 0.717) is 5.56 Å². The van der Waals surface area contributed by atoms with Gasteiger partial charge in [-0.1, -0.05) is 30.3 Å². The second-order valence-corrected chi connectivity index (χ2v) is 6.85. The largest absolute Gasteiger partial charge is 0.496 e. The van der Waals surface area contributed by atoms with E-state index in [1.165, 1.54) is 11.3 Å². The fraction of sp³-hybridized carbons (Fsp3) is 0.273. The maximum Gasteiger partial charge on any atom is 0.140 e. The van der Waals surface area contributed by atoms with Crippen LogP contribution >= 0.6 is 0 Å². The fourth-order valence-electron chi connectivity index (χ4n) is 3.74. The summed E-state index contributed by atoms with van der Waals surface area (Å²) in [7, 11) is 3.78. The van der Waals surface area contributed by atoms with Crippen LogP contribution in [-0.4, -0.2) is 28.1 Å². The second kappa shape index (κ2) is 7.26. The van der Waals surface area contributed by atoms with Crippen LogP contribution in [0.1, 0.15) is 22.5 Å². The third-order valence-electron chi connectivity index (χ3n) is 5.17. The van der Waals surface area contributed by atoms with Gasteiger partial charge in [-0.15, -0.1) is 0 Å². The van der Waals surface area contributed by atoms with E-state index in [1.807, 2.05) is 36.4 Å². The van der Waals surface area contributed by atoms with E-state index in [9.17, 15) is 0 Å². The van der Waals surface area contributed by atoms with Gasteiger partial charge in [0, 0.05) is 44.2 Å². The number of rotatable bonds is 4. The Morgan fingerprint density at radius 2 is 2.04 bits per heavy atom. The molecule has 1 aliphatic rings. The molecule has 0 amide bonds. The lowest BCUT2D eigenvalue weighted by atomic mass is 10.1. The third-order valence-corrected chi connectivity index (χ3v) is 5.17. The van der Waals surface area contributed by atoms with Crippen molar-refractivity contribution in [3.63, 3.8) is 0 Å². The van der Waals surface area contributed by atoms with E-state index in [2.05, 4.69) is 34.7 Å². The summed E-state index contributed by atoms with van der Waals surface area (Å²) in [6.45, 7) is 2.68.